The molecule has 1 aliphatic rings. The number of ether oxygens (including phenoxy) is 1. The number of aromatic carboxylic acids is 1. The number of pyridine rings is 1. The first-order valence-electron chi connectivity index (χ1n) is 5.18. The summed E-state index contributed by atoms with van der Waals surface area (Å²) in [7, 11) is 1.69. The van der Waals surface area contributed by atoms with Crippen molar-refractivity contribution in [1.82, 2.24) is 4.98 Å². The fraction of sp³-hybridized carbons (Fsp3) is 0.455. The Morgan fingerprint density at radius 3 is 3.12 bits per heavy atom. The number of nitrogens with zero attached hydrogens (tertiary/aromatic N) is 2. The molecule has 0 saturated carbocycles. The minimum absolute atomic E-state index is 0.218. The van der Waals surface area contributed by atoms with Crippen LogP contribution in [0.4, 0.5) is 5.82 Å². The van der Waals surface area contributed by atoms with Gasteiger partial charge in [-0.3, -0.25) is 0 Å². The normalized spacial score (nSPS) is 20.1. The zero-order valence-electron chi connectivity index (χ0n) is 9.09. The number of hydrogen-bond acceptors (Lipinski definition) is 4. The summed E-state index contributed by atoms with van der Waals surface area (Å²) in [6.07, 6.45) is 2.70. The lowest BCUT2D eigenvalue weighted by Gasteiger charge is -2.17. The molecule has 2 rings (SSSR count). The molecule has 1 saturated heterocycles. The summed E-state index contributed by atoms with van der Waals surface area (Å²) in [4.78, 5) is 17.0. The number of hydrogen-bond donors (Lipinski definition) is 1. The highest BCUT2D eigenvalue weighted by Crippen LogP contribution is 2.20. The van der Waals surface area contributed by atoms with E-state index in [4.69, 9.17) is 9.84 Å². The van der Waals surface area contributed by atoms with Crippen LogP contribution in [0.2, 0.25) is 0 Å². The van der Waals surface area contributed by atoms with Crippen molar-refractivity contribution in [2.75, 3.05) is 25.1 Å². The monoisotopic (exact) mass is 222 g/mol. The first-order chi connectivity index (χ1) is 7.70. The summed E-state index contributed by atoms with van der Waals surface area (Å²) in [5.41, 5.74) is 0.269. The number of carboxylic acid groups (broad SMARTS) is 1. The Morgan fingerprint density at radius 2 is 2.50 bits per heavy atom. The van der Waals surface area contributed by atoms with Crippen LogP contribution in [-0.2, 0) is 4.74 Å². The van der Waals surface area contributed by atoms with E-state index in [0.717, 1.165) is 19.5 Å². The summed E-state index contributed by atoms with van der Waals surface area (Å²) in [5.74, 6) is -0.217. The van der Waals surface area contributed by atoms with Crippen molar-refractivity contribution in [3.63, 3.8) is 0 Å². The van der Waals surface area contributed by atoms with E-state index in [1.54, 1.807) is 13.2 Å². The lowest BCUT2D eigenvalue weighted by molar-refractivity contribution is 0.0697. The van der Waals surface area contributed by atoms with Crippen LogP contribution in [0.15, 0.2) is 18.3 Å². The summed E-state index contributed by atoms with van der Waals surface area (Å²) in [6.45, 7) is 1.63. The summed E-state index contributed by atoms with van der Waals surface area (Å²) in [5, 5.41) is 8.88. The minimum Gasteiger partial charge on any atom is -0.478 e. The molecule has 1 aliphatic heterocycles. The second-order valence-electron chi connectivity index (χ2n) is 3.80. The second kappa shape index (κ2) is 4.49. The van der Waals surface area contributed by atoms with E-state index in [9.17, 15) is 4.79 Å². The highest BCUT2D eigenvalue weighted by Gasteiger charge is 2.23. The fourth-order valence-corrected chi connectivity index (χ4v) is 1.85. The molecule has 0 amide bonds. The number of aromatic nitrogens is 1. The van der Waals surface area contributed by atoms with Crippen LogP contribution in [-0.4, -0.2) is 42.4 Å². The quantitative estimate of drug-likeness (QED) is 0.826. The highest BCUT2D eigenvalue weighted by atomic mass is 16.5. The molecule has 5 nitrogen and oxygen atoms in total. The third kappa shape index (κ3) is 2.14. The fourth-order valence-electron chi connectivity index (χ4n) is 1.85. The molecule has 5 heteroatoms. The molecular formula is C11H14N2O3. The molecular weight excluding hydrogens is 208 g/mol. The van der Waals surface area contributed by atoms with Gasteiger partial charge in [0.05, 0.1) is 11.7 Å². The first-order valence-corrected chi connectivity index (χ1v) is 5.18. The smallest absolute Gasteiger partial charge is 0.335 e. The highest BCUT2D eigenvalue weighted by molar-refractivity contribution is 5.88. The van der Waals surface area contributed by atoms with Gasteiger partial charge in [-0.25, -0.2) is 9.78 Å². The maximum absolute atomic E-state index is 10.8. The Hall–Kier alpha value is -1.62. The zero-order chi connectivity index (χ0) is 11.5. The zero-order valence-corrected chi connectivity index (χ0v) is 9.09. The largest absolute Gasteiger partial charge is 0.478 e. The molecule has 0 aromatic carbocycles. The van der Waals surface area contributed by atoms with Gasteiger partial charge >= 0.3 is 5.97 Å². The van der Waals surface area contributed by atoms with Gasteiger partial charge in [-0.1, -0.05) is 0 Å². The molecule has 1 atom stereocenters. The first kappa shape index (κ1) is 10.9. The Balaban J connectivity index is 2.15. The van der Waals surface area contributed by atoms with E-state index in [1.165, 1.54) is 12.3 Å². The van der Waals surface area contributed by atoms with E-state index in [1.807, 2.05) is 4.90 Å². The number of carbonyl (C=O) groups is 1. The molecule has 0 bridgehead atoms. The SMILES string of the molecule is COC1CCN(c2cc(C(=O)O)ccn2)C1. The molecule has 0 aliphatic carbocycles. The van der Waals surface area contributed by atoms with Crippen LogP contribution in [0.1, 0.15) is 16.8 Å². The maximum atomic E-state index is 10.8. The third-order valence-electron chi connectivity index (χ3n) is 2.79. The summed E-state index contributed by atoms with van der Waals surface area (Å²) < 4.78 is 5.25. The van der Waals surface area contributed by atoms with Crippen molar-refractivity contribution in [2.24, 2.45) is 0 Å². The Labute approximate surface area is 93.7 Å². The maximum Gasteiger partial charge on any atom is 0.335 e. The van der Waals surface area contributed by atoms with Crippen molar-refractivity contribution >= 4 is 11.8 Å². The lowest BCUT2D eigenvalue weighted by atomic mass is 10.2. The molecule has 1 aromatic heterocycles. The molecule has 1 fully saturated rings. The second-order valence-corrected chi connectivity index (χ2v) is 3.80. The van der Waals surface area contributed by atoms with Gasteiger partial charge in [0.2, 0.25) is 0 Å². The van der Waals surface area contributed by atoms with Crippen LogP contribution in [0.3, 0.4) is 0 Å². The van der Waals surface area contributed by atoms with Crippen molar-refractivity contribution in [3.05, 3.63) is 23.9 Å². The van der Waals surface area contributed by atoms with E-state index in [-0.39, 0.29) is 11.7 Å². The van der Waals surface area contributed by atoms with Gasteiger partial charge in [0.15, 0.2) is 0 Å². The van der Waals surface area contributed by atoms with Crippen molar-refractivity contribution in [2.45, 2.75) is 12.5 Å². The molecule has 86 valence electrons. The Bertz CT molecular complexity index is 395. The molecule has 2 heterocycles. The van der Waals surface area contributed by atoms with Gasteiger partial charge in [0.25, 0.3) is 0 Å². The molecule has 16 heavy (non-hydrogen) atoms. The molecule has 1 N–H and O–H groups in total. The number of rotatable bonds is 3. The molecule has 0 spiro atoms. The van der Waals surface area contributed by atoms with E-state index in [2.05, 4.69) is 4.98 Å². The lowest BCUT2D eigenvalue weighted by Crippen LogP contribution is -2.23. The van der Waals surface area contributed by atoms with E-state index in [0.29, 0.717) is 5.82 Å². The van der Waals surface area contributed by atoms with Gasteiger partial charge < -0.3 is 14.7 Å². The van der Waals surface area contributed by atoms with Crippen molar-refractivity contribution in [1.29, 1.82) is 0 Å². The van der Waals surface area contributed by atoms with Crippen LogP contribution in [0.5, 0.6) is 0 Å². The van der Waals surface area contributed by atoms with E-state index >= 15 is 0 Å². The van der Waals surface area contributed by atoms with Crippen molar-refractivity contribution in [3.8, 4) is 0 Å². The van der Waals surface area contributed by atoms with Crippen LogP contribution >= 0.6 is 0 Å². The predicted molar refractivity (Wildman–Crippen MR) is 58.8 cm³/mol. The van der Waals surface area contributed by atoms with Gasteiger partial charge in [0.1, 0.15) is 5.82 Å². The molecule has 1 unspecified atom stereocenters. The van der Waals surface area contributed by atoms with Gasteiger partial charge in [-0.05, 0) is 18.6 Å². The summed E-state index contributed by atoms with van der Waals surface area (Å²) in [6, 6.07) is 3.09. The Kier molecular flexibility index (Phi) is 3.05. The van der Waals surface area contributed by atoms with Crippen LogP contribution < -0.4 is 4.90 Å². The minimum atomic E-state index is -0.925. The topological polar surface area (TPSA) is 62.7 Å². The molecule has 1 aromatic rings. The van der Waals surface area contributed by atoms with Crippen LogP contribution in [0, 0.1) is 0 Å². The van der Waals surface area contributed by atoms with Crippen LogP contribution in [0.25, 0.3) is 0 Å². The van der Waals surface area contributed by atoms with Gasteiger partial charge in [-0.2, -0.15) is 0 Å². The average molecular weight is 222 g/mol. The number of methoxy groups -OCH3 is 1. The number of anilines is 1. The van der Waals surface area contributed by atoms with Gasteiger partial charge in [-0.15, -0.1) is 0 Å². The van der Waals surface area contributed by atoms with Crippen molar-refractivity contribution < 1.29 is 14.6 Å². The predicted octanol–water partition coefficient (Wildman–Crippen LogP) is 1.00. The Morgan fingerprint density at radius 1 is 1.69 bits per heavy atom. The molecule has 0 radical (unpaired) electrons. The standard InChI is InChI=1S/C11H14N2O3/c1-16-9-3-5-13(7-9)10-6-8(11(14)15)2-4-12-10/h2,4,6,9H,3,5,7H2,1H3,(H,14,15). The third-order valence-corrected chi connectivity index (χ3v) is 2.79. The summed E-state index contributed by atoms with van der Waals surface area (Å²) >= 11 is 0. The average Bonchev–Trinajstić information content (AvgIpc) is 2.77. The van der Waals surface area contributed by atoms with Gasteiger partial charge in [0, 0.05) is 26.4 Å². The van der Waals surface area contributed by atoms with E-state index < -0.39 is 5.97 Å². The number of carboxylic acids is 1.